The van der Waals surface area contributed by atoms with Crippen molar-refractivity contribution in [3.05, 3.63) is 12.0 Å². The van der Waals surface area contributed by atoms with Crippen molar-refractivity contribution in [3.8, 4) is 0 Å². The number of aromatic amines is 1. The highest BCUT2D eigenvalue weighted by molar-refractivity contribution is 7.89. The third-order valence-corrected chi connectivity index (χ3v) is 4.21. The van der Waals surface area contributed by atoms with Crippen molar-refractivity contribution in [2.24, 2.45) is 0 Å². The van der Waals surface area contributed by atoms with Gasteiger partial charge in [-0.2, -0.15) is 0 Å². The Morgan fingerprint density at radius 1 is 1.67 bits per heavy atom. The van der Waals surface area contributed by atoms with Crippen LogP contribution in [0.5, 0.6) is 0 Å². The molecule has 7 nitrogen and oxygen atoms in total. The highest BCUT2D eigenvalue weighted by atomic mass is 32.2. The van der Waals surface area contributed by atoms with Gasteiger partial charge < -0.3 is 14.8 Å². The number of nitrogens with zero attached hydrogens (tertiary/aromatic N) is 1. The van der Waals surface area contributed by atoms with Crippen LogP contribution in [-0.2, 0) is 21.2 Å². The van der Waals surface area contributed by atoms with Crippen molar-refractivity contribution >= 4 is 10.0 Å². The summed E-state index contributed by atoms with van der Waals surface area (Å²) >= 11 is 0. The van der Waals surface area contributed by atoms with E-state index in [1.54, 1.807) is 0 Å². The number of hydrogen-bond donors (Lipinski definition) is 3. The molecule has 1 aliphatic rings. The molecule has 3 N–H and O–H groups in total. The molecule has 0 bridgehead atoms. The molecule has 0 radical (unpaired) electrons. The molecule has 1 atom stereocenters. The Kier molecular flexibility index (Phi) is 3.71. The maximum Gasteiger partial charge on any atom is 0.257 e. The van der Waals surface area contributed by atoms with Gasteiger partial charge >= 0.3 is 0 Å². The Morgan fingerprint density at radius 2 is 2.44 bits per heavy atom. The normalized spacial score (nSPS) is 24.6. The van der Waals surface area contributed by atoms with Crippen LogP contribution >= 0.6 is 0 Å². The number of sulfonamides is 1. The number of aromatic nitrogens is 2. The number of hydrogen-bond acceptors (Lipinski definition) is 5. The third-order valence-electron chi connectivity index (χ3n) is 2.90. The van der Waals surface area contributed by atoms with Crippen molar-refractivity contribution in [2.45, 2.75) is 30.4 Å². The first-order chi connectivity index (χ1) is 8.45. The molecule has 0 amide bonds. The molecule has 0 aliphatic carbocycles. The number of imidazole rings is 1. The van der Waals surface area contributed by atoms with Crippen LogP contribution in [-0.4, -0.2) is 48.9 Å². The van der Waals surface area contributed by atoms with Gasteiger partial charge in [-0.1, -0.05) is 6.92 Å². The Morgan fingerprint density at radius 3 is 3.00 bits per heavy atom. The van der Waals surface area contributed by atoms with Crippen LogP contribution in [0.25, 0.3) is 0 Å². The molecular weight excluding hydrogens is 258 g/mol. The molecule has 0 saturated carbocycles. The summed E-state index contributed by atoms with van der Waals surface area (Å²) in [5.74, 6) is 0.610. The molecule has 1 aliphatic heterocycles. The zero-order chi connectivity index (χ0) is 13.2. The molecule has 1 fully saturated rings. The monoisotopic (exact) mass is 275 g/mol. The number of ether oxygens (including phenoxy) is 1. The van der Waals surface area contributed by atoms with E-state index in [0.717, 1.165) is 0 Å². The Labute approximate surface area is 106 Å². The highest BCUT2D eigenvalue weighted by Gasteiger charge is 2.33. The van der Waals surface area contributed by atoms with Crippen LogP contribution in [0.1, 0.15) is 19.2 Å². The molecule has 2 rings (SSSR count). The molecule has 1 aromatic rings. The predicted octanol–water partition coefficient (Wildman–Crippen LogP) is -0.598. The summed E-state index contributed by atoms with van der Waals surface area (Å²) < 4.78 is 31.3. The van der Waals surface area contributed by atoms with E-state index >= 15 is 0 Å². The van der Waals surface area contributed by atoms with Gasteiger partial charge in [0, 0.05) is 26.0 Å². The summed E-state index contributed by atoms with van der Waals surface area (Å²) in [5, 5.41) is 9.99. The highest BCUT2D eigenvalue weighted by Crippen LogP contribution is 2.18. The number of nitrogens with one attached hydrogen (secondary N) is 2. The molecule has 0 aromatic carbocycles. The fourth-order valence-corrected chi connectivity index (χ4v) is 2.76. The molecule has 8 heteroatoms. The molecule has 1 unspecified atom stereocenters. The van der Waals surface area contributed by atoms with E-state index in [0.29, 0.717) is 25.3 Å². The van der Waals surface area contributed by atoms with E-state index in [-0.39, 0.29) is 18.2 Å². The van der Waals surface area contributed by atoms with Crippen molar-refractivity contribution in [1.82, 2.24) is 14.7 Å². The van der Waals surface area contributed by atoms with Crippen LogP contribution in [0.4, 0.5) is 0 Å². The van der Waals surface area contributed by atoms with E-state index in [2.05, 4.69) is 14.7 Å². The van der Waals surface area contributed by atoms with E-state index in [9.17, 15) is 13.5 Å². The van der Waals surface area contributed by atoms with E-state index < -0.39 is 15.6 Å². The number of aryl methyl sites for hydroxylation is 1. The fourth-order valence-electron chi connectivity index (χ4n) is 1.70. The first-order valence-corrected chi connectivity index (χ1v) is 7.27. The van der Waals surface area contributed by atoms with E-state index in [1.807, 2.05) is 6.92 Å². The molecule has 1 aromatic heterocycles. The summed E-state index contributed by atoms with van der Waals surface area (Å²) in [4.78, 5) is 6.65. The minimum atomic E-state index is -3.66. The summed E-state index contributed by atoms with van der Waals surface area (Å²) in [6.07, 6.45) is 2.34. The van der Waals surface area contributed by atoms with Gasteiger partial charge in [0.15, 0.2) is 5.03 Å². The lowest BCUT2D eigenvalue weighted by Gasteiger charge is -2.20. The average Bonchev–Trinajstić information content (AvgIpc) is 2.96. The van der Waals surface area contributed by atoms with Crippen LogP contribution in [0.15, 0.2) is 11.2 Å². The largest absolute Gasteiger partial charge is 0.386 e. The van der Waals surface area contributed by atoms with Crippen molar-refractivity contribution in [3.63, 3.8) is 0 Å². The second-order valence-corrected chi connectivity index (χ2v) is 6.13. The van der Waals surface area contributed by atoms with Gasteiger partial charge in [0.25, 0.3) is 10.0 Å². The SMILES string of the molecule is CCc1ncc(S(=O)(=O)NCC2(O)CCOC2)[nH]1. The Balaban J connectivity index is 2.03. The Bertz CT molecular complexity index is 505. The lowest BCUT2D eigenvalue weighted by molar-refractivity contribution is 0.0314. The van der Waals surface area contributed by atoms with Crippen LogP contribution in [0.3, 0.4) is 0 Å². The van der Waals surface area contributed by atoms with Gasteiger partial charge in [-0.3, -0.25) is 0 Å². The summed E-state index contributed by atoms with van der Waals surface area (Å²) in [5.41, 5.74) is -1.11. The maximum atomic E-state index is 11.9. The van der Waals surface area contributed by atoms with Crippen molar-refractivity contribution < 1.29 is 18.3 Å². The molecule has 18 heavy (non-hydrogen) atoms. The van der Waals surface area contributed by atoms with Crippen LogP contribution in [0, 0.1) is 0 Å². The summed E-state index contributed by atoms with van der Waals surface area (Å²) in [6, 6.07) is 0. The minimum absolute atomic E-state index is 0.0156. The number of rotatable bonds is 5. The number of aliphatic hydroxyl groups is 1. The zero-order valence-corrected chi connectivity index (χ0v) is 11.0. The molecule has 2 heterocycles. The maximum absolute atomic E-state index is 11.9. The van der Waals surface area contributed by atoms with Gasteiger partial charge in [-0.25, -0.2) is 18.1 Å². The van der Waals surface area contributed by atoms with E-state index in [1.165, 1.54) is 6.20 Å². The zero-order valence-electron chi connectivity index (χ0n) is 10.1. The van der Waals surface area contributed by atoms with Gasteiger partial charge in [0.05, 0.1) is 12.8 Å². The molecule has 1 saturated heterocycles. The second kappa shape index (κ2) is 4.96. The summed E-state index contributed by atoms with van der Waals surface area (Å²) in [7, 11) is -3.66. The predicted molar refractivity (Wildman–Crippen MR) is 63.5 cm³/mol. The van der Waals surface area contributed by atoms with Gasteiger partial charge in [0.1, 0.15) is 11.4 Å². The van der Waals surface area contributed by atoms with Gasteiger partial charge in [-0.05, 0) is 0 Å². The summed E-state index contributed by atoms with van der Waals surface area (Å²) in [6.45, 7) is 2.41. The Hall–Kier alpha value is -0.960. The fraction of sp³-hybridized carbons (Fsp3) is 0.700. The number of H-pyrrole nitrogens is 1. The first kappa shape index (κ1) is 13.5. The smallest absolute Gasteiger partial charge is 0.257 e. The topological polar surface area (TPSA) is 104 Å². The van der Waals surface area contributed by atoms with Crippen LogP contribution < -0.4 is 4.72 Å². The molecule has 102 valence electrons. The lowest BCUT2D eigenvalue weighted by Crippen LogP contribution is -2.43. The first-order valence-electron chi connectivity index (χ1n) is 5.79. The molecule has 0 spiro atoms. The van der Waals surface area contributed by atoms with Gasteiger partial charge in [-0.15, -0.1) is 0 Å². The lowest BCUT2D eigenvalue weighted by atomic mass is 10.1. The second-order valence-electron chi connectivity index (χ2n) is 4.40. The van der Waals surface area contributed by atoms with E-state index in [4.69, 9.17) is 4.74 Å². The van der Waals surface area contributed by atoms with Gasteiger partial charge in [0.2, 0.25) is 0 Å². The third kappa shape index (κ3) is 2.89. The molecular formula is C10H17N3O4S. The van der Waals surface area contributed by atoms with Crippen LogP contribution in [0.2, 0.25) is 0 Å². The van der Waals surface area contributed by atoms with Crippen molar-refractivity contribution in [2.75, 3.05) is 19.8 Å². The van der Waals surface area contributed by atoms with Crippen molar-refractivity contribution in [1.29, 1.82) is 0 Å². The quantitative estimate of drug-likeness (QED) is 0.666. The standard InChI is InChI=1S/C10H17N3O4S/c1-2-8-11-5-9(13-8)18(15,16)12-6-10(14)3-4-17-7-10/h5,12,14H,2-4,6-7H2,1H3,(H,11,13). The minimum Gasteiger partial charge on any atom is -0.386 e. The average molecular weight is 275 g/mol.